The molecule has 1 aromatic carbocycles. The van der Waals surface area contributed by atoms with E-state index in [9.17, 15) is 14.9 Å². The molecule has 0 saturated carbocycles. The Morgan fingerprint density at radius 3 is 2.69 bits per heavy atom. The maximum Gasteiger partial charge on any atom is 0.295 e. The van der Waals surface area contributed by atoms with Crippen molar-refractivity contribution in [3.05, 3.63) is 57.2 Å². The van der Waals surface area contributed by atoms with Crippen molar-refractivity contribution in [2.75, 3.05) is 11.4 Å². The van der Waals surface area contributed by atoms with Gasteiger partial charge in [0.15, 0.2) is 5.13 Å². The molecule has 7 nitrogen and oxygen atoms in total. The summed E-state index contributed by atoms with van der Waals surface area (Å²) in [5, 5.41) is 14.4. The van der Waals surface area contributed by atoms with E-state index in [2.05, 4.69) is 9.97 Å². The molecule has 0 aliphatic carbocycles. The number of rotatable bonds is 5. The second kappa shape index (κ2) is 7.40. The molecule has 2 heterocycles. The smallest absolute Gasteiger partial charge is 0.289 e. The highest BCUT2D eigenvalue weighted by molar-refractivity contribution is 7.14. The number of carbonyl (C=O) groups is 1. The third-order valence-corrected chi connectivity index (χ3v) is 4.66. The Morgan fingerprint density at radius 2 is 2.00 bits per heavy atom. The van der Waals surface area contributed by atoms with Crippen LogP contribution >= 0.6 is 11.3 Å². The van der Waals surface area contributed by atoms with Crippen LogP contribution in [0.3, 0.4) is 0 Å². The van der Waals surface area contributed by atoms with Crippen molar-refractivity contribution in [3.63, 3.8) is 0 Å². The second-order valence-electron chi connectivity index (χ2n) is 5.49. The topological polar surface area (TPSA) is 89.2 Å². The number of pyridine rings is 1. The highest BCUT2D eigenvalue weighted by Crippen LogP contribution is 2.25. The Morgan fingerprint density at radius 1 is 1.23 bits per heavy atom. The molecule has 2 aromatic heterocycles. The number of thiazole rings is 1. The number of hydrogen-bond donors (Lipinski definition) is 0. The first kappa shape index (κ1) is 17.7. The van der Waals surface area contributed by atoms with Crippen LogP contribution in [0.1, 0.15) is 25.2 Å². The van der Waals surface area contributed by atoms with E-state index in [1.165, 1.54) is 24.3 Å². The van der Waals surface area contributed by atoms with Gasteiger partial charge in [-0.25, -0.2) is 9.97 Å². The van der Waals surface area contributed by atoms with Gasteiger partial charge < -0.3 is 0 Å². The maximum absolute atomic E-state index is 11.6. The lowest BCUT2D eigenvalue weighted by Gasteiger charge is -2.14. The molecule has 0 unspecified atom stereocenters. The van der Waals surface area contributed by atoms with Crippen LogP contribution in [0.2, 0.25) is 0 Å². The molecule has 0 aliphatic rings. The van der Waals surface area contributed by atoms with Crippen LogP contribution in [0.5, 0.6) is 0 Å². The number of amides is 1. The number of fused-ring (bicyclic) bond motifs is 1. The summed E-state index contributed by atoms with van der Waals surface area (Å²) in [5.74, 6) is -0.0547. The summed E-state index contributed by atoms with van der Waals surface area (Å²) in [6.45, 7) is 3.96. The number of aromatic nitrogens is 2. The van der Waals surface area contributed by atoms with E-state index in [4.69, 9.17) is 0 Å². The van der Waals surface area contributed by atoms with Crippen molar-refractivity contribution in [1.82, 2.24) is 9.97 Å². The van der Waals surface area contributed by atoms with Crippen molar-refractivity contribution in [1.29, 1.82) is 0 Å². The molecule has 0 bridgehead atoms. The van der Waals surface area contributed by atoms with Crippen LogP contribution < -0.4 is 4.90 Å². The van der Waals surface area contributed by atoms with E-state index >= 15 is 0 Å². The van der Waals surface area contributed by atoms with Crippen LogP contribution in [-0.2, 0) is 4.79 Å². The first-order valence-corrected chi connectivity index (χ1v) is 8.83. The van der Waals surface area contributed by atoms with Crippen molar-refractivity contribution in [3.8, 4) is 0 Å². The second-order valence-corrected chi connectivity index (χ2v) is 6.33. The average molecular weight is 368 g/mol. The van der Waals surface area contributed by atoms with E-state index < -0.39 is 4.92 Å². The summed E-state index contributed by atoms with van der Waals surface area (Å²) in [7, 11) is 0. The van der Waals surface area contributed by atoms with Crippen molar-refractivity contribution in [2.45, 2.75) is 13.8 Å². The van der Waals surface area contributed by atoms with Gasteiger partial charge in [0.1, 0.15) is 5.52 Å². The lowest BCUT2D eigenvalue weighted by molar-refractivity contribution is -0.383. The van der Waals surface area contributed by atoms with E-state index in [0.29, 0.717) is 34.0 Å². The number of para-hydroxylation sites is 1. The normalized spacial score (nSPS) is 11.2. The van der Waals surface area contributed by atoms with Crippen LogP contribution in [0.4, 0.5) is 10.8 Å². The first-order valence-electron chi connectivity index (χ1n) is 7.95. The number of anilines is 1. The molecule has 0 radical (unpaired) electrons. The standard InChI is InChI=1S/C18H16N4O3S/c1-3-21(12(2)23)18-20-15(11-26-18)10-9-14-8-7-13-5-4-6-16(22(24)25)17(13)19-14/h4-11H,3H2,1-2H3. The quantitative estimate of drug-likeness (QED) is 0.499. The number of benzene rings is 1. The van der Waals surface area contributed by atoms with Crippen molar-refractivity contribution in [2.24, 2.45) is 0 Å². The maximum atomic E-state index is 11.6. The van der Waals surface area contributed by atoms with Gasteiger partial charge in [-0.05, 0) is 25.1 Å². The molecule has 26 heavy (non-hydrogen) atoms. The molecule has 132 valence electrons. The number of non-ortho nitro benzene ring substituents is 1. The fourth-order valence-electron chi connectivity index (χ4n) is 2.53. The van der Waals surface area contributed by atoms with Gasteiger partial charge in [-0.2, -0.15) is 0 Å². The fraction of sp³-hybridized carbons (Fsp3) is 0.167. The zero-order valence-electron chi connectivity index (χ0n) is 14.2. The summed E-state index contributed by atoms with van der Waals surface area (Å²) in [5.41, 5.74) is 1.63. The Kier molecular flexibility index (Phi) is 5.04. The lowest BCUT2D eigenvalue weighted by atomic mass is 10.1. The highest BCUT2D eigenvalue weighted by atomic mass is 32.1. The SMILES string of the molecule is CCN(C(C)=O)c1nc(C=Cc2ccc3cccc([N+](=O)[O-])c3n2)cs1. The van der Waals surface area contributed by atoms with Gasteiger partial charge in [-0.1, -0.05) is 18.2 Å². The zero-order valence-corrected chi connectivity index (χ0v) is 15.1. The molecule has 0 atom stereocenters. The monoisotopic (exact) mass is 368 g/mol. The zero-order chi connectivity index (χ0) is 18.7. The van der Waals surface area contributed by atoms with E-state index in [0.717, 1.165) is 0 Å². The van der Waals surface area contributed by atoms with Gasteiger partial charge in [0.05, 0.1) is 16.3 Å². The Balaban J connectivity index is 1.89. The van der Waals surface area contributed by atoms with Gasteiger partial charge in [0.25, 0.3) is 5.69 Å². The van der Waals surface area contributed by atoms with Crippen LogP contribution in [0.15, 0.2) is 35.7 Å². The number of carbonyl (C=O) groups excluding carboxylic acids is 1. The van der Waals surface area contributed by atoms with Gasteiger partial charge in [-0.15, -0.1) is 11.3 Å². The lowest BCUT2D eigenvalue weighted by Crippen LogP contribution is -2.27. The van der Waals surface area contributed by atoms with E-state index in [-0.39, 0.29) is 11.6 Å². The van der Waals surface area contributed by atoms with Crippen LogP contribution in [0, 0.1) is 10.1 Å². The number of nitro groups is 1. The number of nitro benzene ring substituents is 1. The van der Waals surface area contributed by atoms with Gasteiger partial charge in [0.2, 0.25) is 5.91 Å². The van der Waals surface area contributed by atoms with E-state index in [1.807, 2.05) is 12.3 Å². The molecule has 0 saturated heterocycles. The largest absolute Gasteiger partial charge is 0.295 e. The van der Waals surface area contributed by atoms with Crippen LogP contribution in [0.25, 0.3) is 23.1 Å². The molecule has 0 aliphatic heterocycles. The van der Waals surface area contributed by atoms with Crippen molar-refractivity contribution < 1.29 is 9.72 Å². The average Bonchev–Trinajstić information content (AvgIpc) is 3.08. The van der Waals surface area contributed by atoms with Gasteiger partial charge >= 0.3 is 0 Å². The van der Waals surface area contributed by atoms with Crippen LogP contribution in [-0.4, -0.2) is 27.3 Å². The minimum atomic E-state index is -0.434. The Labute approximate surface area is 153 Å². The van der Waals surface area contributed by atoms with E-state index in [1.54, 1.807) is 41.3 Å². The minimum Gasteiger partial charge on any atom is -0.289 e. The number of hydrogen-bond acceptors (Lipinski definition) is 6. The molecule has 0 spiro atoms. The van der Waals surface area contributed by atoms with Crippen molar-refractivity contribution >= 4 is 51.1 Å². The molecule has 3 rings (SSSR count). The van der Waals surface area contributed by atoms with Gasteiger partial charge in [-0.3, -0.25) is 19.8 Å². The summed E-state index contributed by atoms with van der Waals surface area (Å²) < 4.78 is 0. The number of nitrogens with zero attached hydrogens (tertiary/aromatic N) is 4. The summed E-state index contributed by atoms with van der Waals surface area (Å²) in [6.07, 6.45) is 3.52. The molecular formula is C18H16N4O3S. The molecular weight excluding hydrogens is 352 g/mol. The summed E-state index contributed by atoms with van der Waals surface area (Å²) >= 11 is 1.39. The molecule has 8 heteroatoms. The highest BCUT2D eigenvalue weighted by Gasteiger charge is 2.13. The Bertz CT molecular complexity index is 1010. The molecule has 0 fully saturated rings. The Hall–Kier alpha value is -3.13. The predicted molar refractivity (Wildman–Crippen MR) is 103 cm³/mol. The fourth-order valence-corrected chi connectivity index (χ4v) is 3.43. The third kappa shape index (κ3) is 3.60. The third-order valence-electron chi connectivity index (χ3n) is 3.78. The molecule has 1 amide bonds. The minimum absolute atomic E-state index is 0.0197. The summed E-state index contributed by atoms with van der Waals surface area (Å²) in [6, 6.07) is 8.47. The first-order chi connectivity index (χ1) is 12.5. The molecule has 3 aromatic rings. The summed E-state index contributed by atoms with van der Waals surface area (Å²) in [4.78, 5) is 32.7. The molecule has 0 N–H and O–H groups in total. The predicted octanol–water partition coefficient (Wildman–Crippen LogP) is 4.14. The van der Waals surface area contributed by atoms with Gasteiger partial charge in [0, 0.05) is 30.3 Å².